The van der Waals surface area contributed by atoms with E-state index in [-0.39, 0.29) is 48.9 Å². The summed E-state index contributed by atoms with van der Waals surface area (Å²) >= 11 is 0. The van der Waals surface area contributed by atoms with Gasteiger partial charge in [-0.2, -0.15) is 0 Å². The minimum Gasteiger partial charge on any atom is -0.406 e. The van der Waals surface area contributed by atoms with Gasteiger partial charge in [-0.05, 0) is 6.07 Å². The number of likely N-dealkylation sites (tertiary alicyclic amines) is 1. The molecular weight excluding hydrogens is 326 g/mol. The normalized spacial score (nSPS) is 14.2. The molecule has 3 rings (SSSR count). The second-order valence-electron chi connectivity index (χ2n) is 4.72. The molecule has 12 nitrogen and oxygen atoms in total. The van der Waals surface area contributed by atoms with Crippen LogP contribution in [0.5, 0.6) is 0 Å². The van der Waals surface area contributed by atoms with E-state index in [0.29, 0.717) is 0 Å². The van der Waals surface area contributed by atoms with Gasteiger partial charge in [0.1, 0.15) is 11.5 Å². The minimum atomic E-state index is -0.827. The van der Waals surface area contributed by atoms with Gasteiger partial charge in [0.15, 0.2) is 5.76 Å². The van der Waals surface area contributed by atoms with Crippen LogP contribution in [0, 0.1) is 10.1 Å². The summed E-state index contributed by atoms with van der Waals surface area (Å²) in [5.74, 6) is -2.45. The van der Waals surface area contributed by atoms with Crippen molar-refractivity contribution in [2.24, 2.45) is 0 Å². The van der Waals surface area contributed by atoms with Crippen LogP contribution >= 0.6 is 0 Å². The highest BCUT2D eigenvalue weighted by Crippen LogP contribution is 2.18. The molecule has 0 atom stereocenters. The van der Waals surface area contributed by atoms with Crippen LogP contribution in [0.4, 0.5) is 11.9 Å². The van der Waals surface area contributed by atoms with Gasteiger partial charge in [0.05, 0.1) is 6.07 Å². The number of nitro groups is 1. The van der Waals surface area contributed by atoms with Crippen molar-refractivity contribution in [2.75, 3.05) is 5.32 Å². The molecule has 1 fully saturated rings. The lowest BCUT2D eigenvalue weighted by Gasteiger charge is -2.09. The third kappa shape index (κ3) is 2.97. The number of nitrogens with one attached hydrogen (secondary N) is 1. The standard InChI is InChI=1S/C12H9N5O7/c18-8-2-3-9(19)16(8)5-7-14-15-12(24-7)13-11(20)6-1-4-10(23-6)17(21)22/h1,4H,2-3,5H2,(H,13,15,20). The van der Waals surface area contributed by atoms with Crippen LogP contribution in [0.25, 0.3) is 0 Å². The smallest absolute Gasteiger partial charge is 0.406 e. The number of rotatable bonds is 5. The summed E-state index contributed by atoms with van der Waals surface area (Å²) in [5, 5.41) is 19.8. The first-order valence-corrected chi connectivity index (χ1v) is 6.65. The van der Waals surface area contributed by atoms with E-state index in [1.807, 2.05) is 0 Å². The Bertz CT molecular complexity index is 822. The number of hydrogen-bond donors (Lipinski definition) is 1. The third-order valence-electron chi connectivity index (χ3n) is 3.13. The van der Waals surface area contributed by atoms with E-state index in [9.17, 15) is 24.5 Å². The topological polar surface area (TPSA) is 162 Å². The van der Waals surface area contributed by atoms with Gasteiger partial charge in [-0.25, -0.2) is 0 Å². The summed E-state index contributed by atoms with van der Waals surface area (Å²) < 4.78 is 9.84. The van der Waals surface area contributed by atoms with Crippen LogP contribution in [-0.4, -0.2) is 37.7 Å². The van der Waals surface area contributed by atoms with Crippen molar-refractivity contribution in [3.63, 3.8) is 0 Å². The molecule has 1 N–H and O–H groups in total. The van der Waals surface area contributed by atoms with E-state index in [4.69, 9.17) is 8.83 Å². The second kappa shape index (κ2) is 5.91. The highest BCUT2D eigenvalue weighted by Gasteiger charge is 2.30. The fourth-order valence-corrected chi connectivity index (χ4v) is 2.01. The maximum Gasteiger partial charge on any atom is 0.433 e. The molecule has 0 bridgehead atoms. The third-order valence-corrected chi connectivity index (χ3v) is 3.13. The van der Waals surface area contributed by atoms with Crippen LogP contribution in [-0.2, 0) is 16.1 Å². The molecule has 0 spiro atoms. The van der Waals surface area contributed by atoms with Gasteiger partial charge in [-0.3, -0.25) is 34.7 Å². The molecule has 0 aliphatic carbocycles. The molecule has 0 aromatic carbocycles. The average molecular weight is 335 g/mol. The molecule has 1 aliphatic rings. The molecule has 124 valence electrons. The molecule has 1 aliphatic heterocycles. The first-order chi connectivity index (χ1) is 11.4. The van der Waals surface area contributed by atoms with Crippen molar-refractivity contribution < 1.29 is 28.1 Å². The van der Waals surface area contributed by atoms with Gasteiger partial charge >= 0.3 is 11.9 Å². The number of imide groups is 1. The van der Waals surface area contributed by atoms with Gasteiger partial charge < -0.3 is 8.83 Å². The van der Waals surface area contributed by atoms with E-state index in [2.05, 4.69) is 15.5 Å². The lowest BCUT2D eigenvalue weighted by Crippen LogP contribution is -2.28. The van der Waals surface area contributed by atoms with E-state index in [1.165, 1.54) is 0 Å². The SMILES string of the molecule is O=C(Nc1nnc(CN2C(=O)CCC2=O)o1)c1ccc([N+](=O)[O-])o1. The number of furan rings is 1. The van der Waals surface area contributed by atoms with E-state index >= 15 is 0 Å². The largest absolute Gasteiger partial charge is 0.433 e. The fourth-order valence-electron chi connectivity index (χ4n) is 2.01. The monoisotopic (exact) mass is 335 g/mol. The van der Waals surface area contributed by atoms with Gasteiger partial charge in [-0.1, -0.05) is 5.10 Å². The molecule has 24 heavy (non-hydrogen) atoms. The van der Waals surface area contributed by atoms with Crippen molar-refractivity contribution in [2.45, 2.75) is 19.4 Å². The fraction of sp³-hybridized carbons (Fsp3) is 0.250. The van der Waals surface area contributed by atoms with Crippen LogP contribution in [0.3, 0.4) is 0 Å². The van der Waals surface area contributed by atoms with E-state index in [0.717, 1.165) is 17.0 Å². The number of amides is 3. The summed E-state index contributed by atoms with van der Waals surface area (Å²) in [6, 6.07) is 1.85. The molecule has 1 saturated heterocycles. The van der Waals surface area contributed by atoms with E-state index < -0.39 is 16.7 Å². The number of hydrogen-bond acceptors (Lipinski definition) is 9. The predicted molar refractivity (Wildman–Crippen MR) is 72.4 cm³/mol. The Hall–Kier alpha value is -3.57. The summed E-state index contributed by atoms with van der Waals surface area (Å²) in [7, 11) is 0. The zero-order chi connectivity index (χ0) is 17.3. The first kappa shape index (κ1) is 15.3. The summed E-state index contributed by atoms with van der Waals surface area (Å²) in [4.78, 5) is 45.5. The van der Waals surface area contributed by atoms with Gasteiger partial charge in [0.25, 0.3) is 5.91 Å². The lowest BCUT2D eigenvalue weighted by molar-refractivity contribution is -0.402. The van der Waals surface area contributed by atoms with E-state index in [1.54, 1.807) is 0 Å². The number of carbonyl (C=O) groups excluding carboxylic acids is 3. The maximum atomic E-state index is 11.8. The number of carbonyl (C=O) groups is 3. The minimum absolute atomic E-state index is 0.0423. The highest BCUT2D eigenvalue weighted by atomic mass is 16.6. The summed E-state index contributed by atoms with van der Waals surface area (Å²) in [5.41, 5.74) is 0. The number of aromatic nitrogens is 2. The molecule has 3 amide bonds. The lowest BCUT2D eigenvalue weighted by atomic mass is 10.4. The zero-order valence-electron chi connectivity index (χ0n) is 11.9. The van der Waals surface area contributed by atoms with Crippen LogP contribution < -0.4 is 5.32 Å². The number of anilines is 1. The van der Waals surface area contributed by atoms with Crippen molar-refractivity contribution in [3.8, 4) is 0 Å². The second-order valence-corrected chi connectivity index (χ2v) is 4.72. The predicted octanol–water partition coefficient (Wildman–Crippen LogP) is 0.472. The molecule has 3 heterocycles. The Balaban J connectivity index is 1.65. The Labute approximate surface area is 132 Å². The molecule has 2 aromatic heterocycles. The van der Waals surface area contributed by atoms with Gasteiger partial charge in [-0.15, -0.1) is 5.10 Å². The van der Waals surface area contributed by atoms with Crippen LogP contribution in [0.1, 0.15) is 29.3 Å². The Morgan fingerprint density at radius 1 is 1.25 bits per heavy atom. The first-order valence-electron chi connectivity index (χ1n) is 6.65. The molecule has 0 saturated carbocycles. The molecule has 2 aromatic rings. The Morgan fingerprint density at radius 3 is 2.58 bits per heavy atom. The van der Waals surface area contributed by atoms with Crippen molar-refractivity contribution in [1.29, 1.82) is 0 Å². The average Bonchev–Trinajstić information content (AvgIpc) is 3.24. The van der Waals surface area contributed by atoms with Gasteiger partial charge in [0, 0.05) is 12.8 Å². The maximum absolute atomic E-state index is 11.8. The number of nitrogens with zero attached hydrogens (tertiary/aromatic N) is 4. The van der Waals surface area contributed by atoms with Crippen LogP contribution in [0.15, 0.2) is 21.0 Å². The van der Waals surface area contributed by atoms with Crippen molar-refractivity contribution in [3.05, 3.63) is 33.9 Å². The Kier molecular flexibility index (Phi) is 3.77. The molecule has 0 unspecified atom stereocenters. The van der Waals surface area contributed by atoms with Crippen molar-refractivity contribution >= 4 is 29.6 Å². The zero-order valence-corrected chi connectivity index (χ0v) is 11.9. The molecular formula is C12H9N5O7. The van der Waals surface area contributed by atoms with Gasteiger partial charge in [0.2, 0.25) is 17.7 Å². The van der Waals surface area contributed by atoms with Crippen LogP contribution in [0.2, 0.25) is 0 Å². The summed E-state index contributed by atoms with van der Waals surface area (Å²) in [6.07, 6.45) is 0.266. The molecule has 12 heteroatoms. The van der Waals surface area contributed by atoms with Crippen molar-refractivity contribution in [1.82, 2.24) is 15.1 Å². The quantitative estimate of drug-likeness (QED) is 0.465. The highest BCUT2D eigenvalue weighted by molar-refractivity contribution is 6.02. The Morgan fingerprint density at radius 2 is 1.96 bits per heavy atom. The summed E-state index contributed by atoms with van der Waals surface area (Å²) in [6.45, 7) is -0.188. The molecule has 0 radical (unpaired) electrons.